The van der Waals surface area contributed by atoms with E-state index in [1.165, 1.54) is 11.0 Å². The van der Waals surface area contributed by atoms with Crippen molar-refractivity contribution < 1.29 is 14.8 Å². The van der Waals surface area contributed by atoms with Crippen LogP contribution in [-0.2, 0) is 0 Å². The summed E-state index contributed by atoms with van der Waals surface area (Å²) in [5.74, 6) is -0.287. The van der Waals surface area contributed by atoms with Crippen LogP contribution >= 0.6 is 0 Å². The summed E-state index contributed by atoms with van der Waals surface area (Å²) in [6.45, 7) is 3.79. The van der Waals surface area contributed by atoms with Gasteiger partial charge in [0.05, 0.1) is 23.6 Å². The molecule has 1 saturated heterocycles. The molecule has 1 aromatic rings. The fourth-order valence-corrected chi connectivity index (χ4v) is 2.04. The zero-order chi connectivity index (χ0) is 13.5. The van der Waals surface area contributed by atoms with Crippen molar-refractivity contribution in [1.82, 2.24) is 4.90 Å². The fourth-order valence-electron chi connectivity index (χ4n) is 2.04. The molecule has 1 aromatic carbocycles. The third-order valence-corrected chi connectivity index (χ3v) is 3.00. The normalized spacial score (nSPS) is 17.2. The Balaban J connectivity index is 2.22. The topological polar surface area (TPSA) is 83.7 Å². The number of rotatable bonds is 2. The Morgan fingerprint density at radius 3 is 2.61 bits per heavy atom. The van der Waals surface area contributed by atoms with Crippen molar-refractivity contribution in [3.63, 3.8) is 0 Å². The maximum absolute atomic E-state index is 12.0. The molecule has 96 valence electrons. The first-order valence-corrected chi connectivity index (χ1v) is 5.57. The Morgan fingerprint density at radius 2 is 2.11 bits per heavy atom. The van der Waals surface area contributed by atoms with Crippen molar-refractivity contribution >= 4 is 11.6 Å². The highest BCUT2D eigenvalue weighted by Gasteiger charge is 2.39. The molecular weight excluding hydrogens is 236 g/mol. The van der Waals surface area contributed by atoms with E-state index in [9.17, 15) is 20.0 Å². The number of nitro groups is 1. The standard InChI is InChI=1S/C12H14N2O4/c1-8-3-4-9(5-10(8)14(17)18)11(15)13-6-12(2,16)7-13/h3-5,16H,6-7H2,1-2H3. The van der Waals surface area contributed by atoms with Gasteiger partial charge in [-0.15, -0.1) is 0 Å². The van der Waals surface area contributed by atoms with E-state index in [4.69, 9.17) is 0 Å². The van der Waals surface area contributed by atoms with Gasteiger partial charge in [0.15, 0.2) is 0 Å². The Morgan fingerprint density at radius 1 is 1.50 bits per heavy atom. The molecule has 0 radical (unpaired) electrons. The highest BCUT2D eigenvalue weighted by atomic mass is 16.6. The van der Waals surface area contributed by atoms with Gasteiger partial charge in [-0.2, -0.15) is 0 Å². The molecule has 0 aliphatic carbocycles. The Labute approximate surface area is 104 Å². The van der Waals surface area contributed by atoms with Crippen molar-refractivity contribution in [2.45, 2.75) is 19.4 Å². The molecule has 1 heterocycles. The maximum Gasteiger partial charge on any atom is 0.273 e. The number of likely N-dealkylation sites (tertiary alicyclic amines) is 1. The summed E-state index contributed by atoms with van der Waals surface area (Å²) >= 11 is 0. The number of carbonyl (C=O) groups excluding carboxylic acids is 1. The van der Waals surface area contributed by atoms with E-state index in [-0.39, 0.29) is 30.2 Å². The van der Waals surface area contributed by atoms with Gasteiger partial charge in [-0.1, -0.05) is 6.07 Å². The molecular formula is C12H14N2O4. The van der Waals surface area contributed by atoms with Crippen LogP contribution in [0, 0.1) is 17.0 Å². The van der Waals surface area contributed by atoms with Crippen LogP contribution in [0.4, 0.5) is 5.69 Å². The van der Waals surface area contributed by atoms with Crippen molar-refractivity contribution in [3.05, 3.63) is 39.4 Å². The van der Waals surface area contributed by atoms with E-state index in [1.807, 2.05) is 0 Å². The Hall–Kier alpha value is -1.95. The second-order valence-electron chi connectivity index (χ2n) is 4.92. The van der Waals surface area contributed by atoms with E-state index < -0.39 is 10.5 Å². The summed E-state index contributed by atoms with van der Waals surface area (Å²) in [5.41, 5.74) is -0.102. The van der Waals surface area contributed by atoms with Crippen molar-refractivity contribution in [3.8, 4) is 0 Å². The van der Waals surface area contributed by atoms with Crippen LogP contribution in [0.5, 0.6) is 0 Å². The predicted octanol–water partition coefficient (Wildman–Crippen LogP) is 1.11. The van der Waals surface area contributed by atoms with Crippen LogP contribution < -0.4 is 0 Å². The van der Waals surface area contributed by atoms with Gasteiger partial charge in [0.2, 0.25) is 0 Å². The van der Waals surface area contributed by atoms with Crippen LogP contribution in [-0.4, -0.2) is 39.5 Å². The van der Waals surface area contributed by atoms with Gasteiger partial charge >= 0.3 is 0 Å². The SMILES string of the molecule is Cc1ccc(C(=O)N2CC(C)(O)C2)cc1[N+](=O)[O-]. The van der Waals surface area contributed by atoms with E-state index in [0.717, 1.165) is 0 Å². The van der Waals surface area contributed by atoms with E-state index >= 15 is 0 Å². The molecule has 2 rings (SSSR count). The lowest BCUT2D eigenvalue weighted by Crippen LogP contribution is -2.61. The first kappa shape index (κ1) is 12.5. The van der Waals surface area contributed by atoms with Gasteiger partial charge in [0.25, 0.3) is 11.6 Å². The zero-order valence-corrected chi connectivity index (χ0v) is 10.2. The number of carbonyl (C=O) groups is 1. The zero-order valence-electron chi connectivity index (χ0n) is 10.2. The molecule has 1 aliphatic rings. The largest absolute Gasteiger partial charge is 0.386 e. The van der Waals surface area contributed by atoms with Gasteiger partial charge < -0.3 is 10.0 Å². The van der Waals surface area contributed by atoms with Gasteiger partial charge in [0.1, 0.15) is 0 Å². The van der Waals surface area contributed by atoms with E-state index in [2.05, 4.69) is 0 Å². The third-order valence-electron chi connectivity index (χ3n) is 3.00. The minimum atomic E-state index is -0.841. The summed E-state index contributed by atoms with van der Waals surface area (Å²) in [5, 5.41) is 20.4. The van der Waals surface area contributed by atoms with Crippen LogP contribution in [0.15, 0.2) is 18.2 Å². The molecule has 0 unspecified atom stereocenters. The number of hydrogen-bond acceptors (Lipinski definition) is 4. The lowest BCUT2D eigenvalue weighted by Gasteiger charge is -2.44. The summed E-state index contributed by atoms with van der Waals surface area (Å²) in [4.78, 5) is 23.8. The molecule has 0 bridgehead atoms. The molecule has 6 heteroatoms. The molecule has 0 saturated carbocycles. The van der Waals surface area contributed by atoms with Crippen molar-refractivity contribution in [2.24, 2.45) is 0 Å². The number of benzene rings is 1. The smallest absolute Gasteiger partial charge is 0.273 e. The highest BCUT2D eigenvalue weighted by molar-refractivity contribution is 5.95. The average molecular weight is 250 g/mol. The van der Waals surface area contributed by atoms with Crippen LogP contribution in [0.25, 0.3) is 0 Å². The number of nitro benzene ring substituents is 1. The van der Waals surface area contributed by atoms with Gasteiger partial charge in [-0.3, -0.25) is 14.9 Å². The average Bonchev–Trinajstić information content (AvgIpc) is 2.25. The van der Waals surface area contributed by atoms with Gasteiger partial charge in [-0.05, 0) is 19.9 Å². The number of β-amino-alcohol motifs (C(OH)–C–C–N with tert-alkyl or cyclic N) is 1. The lowest BCUT2D eigenvalue weighted by atomic mass is 9.95. The quantitative estimate of drug-likeness (QED) is 0.629. The second-order valence-corrected chi connectivity index (χ2v) is 4.92. The molecule has 0 aromatic heterocycles. The lowest BCUT2D eigenvalue weighted by molar-refractivity contribution is -0.385. The molecule has 1 aliphatic heterocycles. The monoisotopic (exact) mass is 250 g/mol. The molecule has 1 amide bonds. The number of amides is 1. The second kappa shape index (κ2) is 4.06. The minimum absolute atomic E-state index is 0.0619. The summed E-state index contributed by atoms with van der Waals surface area (Å²) in [6.07, 6.45) is 0. The number of aryl methyl sites for hydroxylation is 1. The third kappa shape index (κ3) is 2.19. The summed E-state index contributed by atoms with van der Waals surface area (Å²) < 4.78 is 0. The summed E-state index contributed by atoms with van der Waals surface area (Å²) in [7, 11) is 0. The van der Waals surface area contributed by atoms with E-state index in [1.54, 1.807) is 26.0 Å². The molecule has 1 fully saturated rings. The van der Waals surface area contributed by atoms with Crippen LogP contribution in [0.1, 0.15) is 22.8 Å². The van der Waals surface area contributed by atoms with E-state index in [0.29, 0.717) is 5.56 Å². The van der Waals surface area contributed by atoms with Crippen molar-refractivity contribution in [2.75, 3.05) is 13.1 Å². The molecule has 18 heavy (non-hydrogen) atoms. The van der Waals surface area contributed by atoms with Gasteiger partial charge in [0, 0.05) is 17.2 Å². The Kier molecular flexibility index (Phi) is 2.82. The Bertz CT molecular complexity index is 517. The molecule has 1 N–H and O–H groups in total. The first-order valence-electron chi connectivity index (χ1n) is 5.57. The molecule has 0 atom stereocenters. The predicted molar refractivity (Wildman–Crippen MR) is 64.4 cm³/mol. The highest BCUT2D eigenvalue weighted by Crippen LogP contribution is 2.25. The molecule has 6 nitrogen and oxygen atoms in total. The number of hydrogen-bond donors (Lipinski definition) is 1. The molecule has 0 spiro atoms. The minimum Gasteiger partial charge on any atom is -0.386 e. The fraction of sp³-hybridized carbons (Fsp3) is 0.417. The van der Waals surface area contributed by atoms with Crippen LogP contribution in [0.2, 0.25) is 0 Å². The maximum atomic E-state index is 12.0. The first-order chi connectivity index (χ1) is 8.30. The van der Waals surface area contributed by atoms with Gasteiger partial charge in [-0.25, -0.2) is 0 Å². The van der Waals surface area contributed by atoms with Crippen molar-refractivity contribution in [1.29, 1.82) is 0 Å². The summed E-state index contributed by atoms with van der Waals surface area (Å²) in [6, 6.07) is 4.41. The van der Waals surface area contributed by atoms with Crippen LogP contribution in [0.3, 0.4) is 0 Å². The number of aliphatic hydroxyl groups is 1. The number of nitrogens with zero attached hydrogens (tertiary/aromatic N) is 2.